The number of carbonyl (C=O) groups is 1. The van der Waals surface area contributed by atoms with Crippen LogP contribution in [0.3, 0.4) is 0 Å². The van der Waals surface area contributed by atoms with Crippen molar-refractivity contribution in [3.05, 3.63) is 57.6 Å². The minimum absolute atomic E-state index is 0.0315. The zero-order valence-electron chi connectivity index (χ0n) is 10.8. The number of hydrogen-bond acceptors (Lipinski definition) is 4. The van der Waals surface area contributed by atoms with E-state index < -0.39 is 10.1 Å². The molecule has 7 heteroatoms. The Kier molecular flexibility index (Phi) is 4.56. The number of benzene rings is 2. The second-order valence-corrected chi connectivity index (χ2v) is 6.66. The first kappa shape index (κ1) is 15.8. The maximum Gasteiger partial charge on any atom is 0.339 e. The van der Waals surface area contributed by atoms with Gasteiger partial charge in [-0.1, -0.05) is 40.9 Å². The number of hydrogen-bond donors (Lipinski definition) is 0. The molecule has 0 aliphatic heterocycles. The van der Waals surface area contributed by atoms with Crippen LogP contribution in [0, 0.1) is 6.92 Å². The molecule has 0 unspecified atom stereocenters. The molecule has 0 saturated carbocycles. The van der Waals surface area contributed by atoms with Crippen LogP contribution in [-0.2, 0) is 10.1 Å². The van der Waals surface area contributed by atoms with Crippen LogP contribution in [0.2, 0.25) is 10.0 Å². The van der Waals surface area contributed by atoms with Gasteiger partial charge in [0.2, 0.25) is 0 Å². The summed E-state index contributed by atoms with van der Waals surface area (Å²) in [5, 5.41) is 0.155. The van der Waals surface area contributed by atoms with Crippen LogP contribution in [0.25, 0.3) is 0 Å². The second kappa shape index (κ2) is 6.05. The Bertz CT molecular complexity index is 783. The van der Waals surface area contributed by atoms with E-state index in [0.29, 0.717) is 6.29 Å². The predicted molar refractivity (Wildman–Crippen MR) is 80.8 cm³/mol. The third-order valence-electron chi connectivity index (χ3n) is 2.67. The molecule has 0 bridgehead atoms. The molecular weight excluding hydrogens is 335 g/mol. The fourth-order valence-corrected chi connectivity index (χ4v) is 3.18. The molecular formula is C14H10Cl2O4S. The number of aryl methyl sites for hydroxylation is 1. The number of rotatable bonds is 4. The Labute approximate surface area is 132 Å². The van der Waals surface area contributed by atoms with Gasteiger partial charge in [-0.3, -0.25) is 4.79 Å². The molecule has 0 fully saturated rings. The molecule has 0 spiro atoms. The summed E-state index contributed by atoms with van der Waals surface area (Å²) in [5.41, 5.74) is 0.871. The highest BCUT2D eigenvalue weighted by molar-refractivity contribution is 7.87. The molecule has 2 aromatic carbocycles. The monoisotopic (exact) mass is 344 g/mol. The molecule has 0 N–H and O–H groups in total. The van der Waals surface area contributed by atoms with Gasteiger partial charge in [0.1, 0.15) is 4.90 Å². The third kappa shape index (κ3) is 3.56. The lowest BCUT2D eigenvalue weighted by atomic mass is 10.2. The third-order valence-corrected chi connectivity index (χ3v) is 4.40. The summed E-state index contributed by atoms with van der Waals surface area (Å²) in [4.78, 5) is 11.0. The largest absolute Gasteiger partial charge is 0.377 e. The number of aldehydes is 1. The standard InChI is InChI=1S/C14H10Cl2O4S/c1-9-2-4-12(5-3-9)21(18,19)20-14-10(8-17)6-11(15)7-13(14)16/h2-8H,1H3. The lowest BCUT2D eigenvalue weighted by Crippen LogP contribution is -2.11. The van der Waals surface area contributed by atoms with E-state index in [1.807, 2.05) is 6.92 Å². The Morgan fingerprint density at radius 3 is 2.29 bits per heavy atom. The van der Waals surface area contributed by atoms with Crippen molar-refractivity contribution in [2.45, 2.75) is 11.8 Å². The van der Waals surface area contributed by atoms with Crippen LogP contribution in [-0.4, -0.2) is 14.7 Å². The van der Waals surface area contributed by atoms with E-state index in [9.17, 15) is 13.2 Å². The number of carbonyl (C=O) groups excluding carboxylic acids is 1. The van der Waals surface area contributed by atoms with Crippen molar-refractivity contribution in [2.75, 3.05) is 0 Å². The van der Waals surface area contributed by atoms with Crippen LogP contribution in [0.4, 0.5) is 0 Å². The Hall–Kier alpha value is -1.56. The lowest BCUT2D eigenvalue weighted by molar-refractivity contribution is 0.112. The van der Waals surface area contributed by atoms with E-state index in [0.717, 1.165) is 5.56 Å². The zero-order chi connectivity index (χ0) is 15.6. The summed E-state index contributed by atoms with van der Waals surface area (Å²) >= 11 is 11.7. The molecule has 0 aliphatic rings. The highest BCUT2D eigenvalue weighted by Gasteiger charge is 2.21. The molecule has 21 heavy (non-hydrogen) atoms. The fraction of sp³-hybridized carbons (Fsp3) is 0.0714. The van der Waals surface area contributed by atoms with Crippen LogP contribution in [0.15, 0.2) is 41.3 Å². The Morgan fingerprint density at radius 2 is 1.71 bits per heavy atom. The topological polar surface area (TPSA) is 60.4 Å². The van der Waals surface area contributed by atoms with Gasteiger partial charge in [-0.15, -0.1) is 0 Å². The van der Waals surface area contributed by atoms with Crippen molar-refractivity contribution >= 4 is 39.6 Å². The minimum atomic E-state index is -4.08. The van der Waals surface area contributed by atoms with Crippen LogP contribution < -0.4 is 4.18 Å². The highest BCUT2D eigenvalue weighted by Crippen LogP contribution is 2.33. The van der Waals surface area contributed by atoms with E-state index >= 15 is 0 Å². The second-order valence-electron chi connectivity index (χ2n) is 4.27. The highest BCUT2D eigenvalue weighted by atomic mass is 35.5. The first-order valence-corrected chi connectivity index (χ1v) is 7.95. The summed E-state index contributed by atoms with van der Waals surface area (Å²) in [6.07, 6.45) is 0.428. The molecule has 0 aliphatic carbocycles. The molecule has 0 radical (unpaired) electrons. The van der Waals surface area contributed by atoms with Gasteiger partial charge in [-0.2, -0.15) is 8.42 Å². The summed E-state index contributed by atoms with van der Waals surface area (Å²) in [5.74, 6) is -0.239. The van der Waals surface area contributed by atoms with Gasteiger partial charge in [-0.05, 0) is 31.2 Å². The average Bonchev–Trinajstić information content (AvgIpc) is 2.42. The van der Waals surface area contributed by atoms with E-state index in [-0.39, 0.29) is 26.3 Å². The molecule has 110 valence electrons. The van der Waals surface area contributed by atoms with Crippen molar-refractivity contribution in [3.63, 3.8) is 0 Å². The Morgan fingerprint density at radius 1 is 1.10 bits per heavy atom. The predicted octanol–water partition coefficient (Wildman–Crippen LogP) is 3.88. The molecule has 0 atom stereocenters. The molecule has 0 aromatic heterocycles. The summed E-state index contributed by atoms with van der Waals surface area (Å²) in [6.45, 7) is 1.83. The van der Waals surface area contributed by atoms with Gasteiger partial charge >= 0.3 is 10.1 Å². The lowest BCUT2D eigenvalue weighted by Gasteiger charge is -2.11. The van der Waals surface area contributed by atoms with Crippen LogP contribution in [0.5, 0.6) is 5.75 Å². The van der Waals surface area contributed by atoms with Crippen molar-refractivity contribution < 1.29 is 17.4 Å². The van der Waals surface area contributed by atoms with Gasteiger partial charge in [0.25, 0.3) is 0 Å². The van der Waals surface area contributed by atoms with E-state index in [4.69, 9.17) is 27.4 Å². The van der Waals surface area contributed by atoms with Gasteiger partial charge < -0.3 is 4.18 Å². The molecule has 2 rings (SSSR count). The molecule has 2 aromatic rings. The van der Waals surface area contributed by atoms with Crippen molar-refractivity contribution in [2.24, 2.45) is 0 Å². The SMILES string of the molecule is Cc1ccc(S(=O)(=O)Oc2c(Cl)cc(Cl)cc2C=O)cc1. The van der Waals surface area contributed by atoms with Gasteiger partial charge in [0.15, 0.2) is 12.0 Å². The summed E-state index contributed by atoms with van der Waals surface area (Å²) < 4.78 is 29.4. The normalized spacial score (nSPS) is 11.2. The molecule has 4 nitrogen and oxygen atoms in total. The first-order valence-electron chi connectivity index (χ1n) is 5.79. The van der Waals surface area contributed by atoms with Crippen molar-refractivity contribution in [3.8, 4) is 5.75 Å². The van der Waals surface area contributed by atoms with Crippen LogP contribution in [0.1, 0.15) is 15.9 Å². The molecule has 0 saturated heterocycles. The fourth-order valence-electron chi connectivity index (χ4n) is 1.62. The maximum atomic E-state index is 12.2. The maximum absolute atomic E-state index is 12.2. The van der Waals surface area contributed by atoms with Crippen LogP contribution >= 0.6 is 23.2 Å². The number of halogens is 2. The smallest absolute Gasteiger partial charge is 0.339 e. The summed E-state index contributed by atoms with van der Waals surface area (Å²) in [6, 6.07) is 8.68. The zero-order valence-corrected chi connectivity index (χ0v) is 13.2. The van der Waals surface area contributed by atoms with Crippen molar-refractivity contribution in [1.82, 2.24) is 0 Å². The molecule has 0 amide bonds. The molecule has 0 heterocycles. The summed E-state index contributed by atoms with van der Waals surface area (Å²) in [7, 11) is -4.08. The average molecular weight is 345 g/mol. The van der Waals surface area contributed by atoms with Crippen molar-refractivity contribution in [1.29, 1.82) is 0 Å². The Balaban J connectivity index is 2.46. The van der Waals surface area contributed by atoms with Gasteiger partial charge in [0.05, 0.1) is 10.6 Å². The van der Waals surface area contributed by atoms with Gasteiger partial charge in [0, 0.05) is 5.02 Å². The van der Waals surface area contributed by atoms with E-state index in [1.54, 1.807) is 12.1 Å². The first-order chi connectivity index (χ1) is 9.83. The minimum Gasteiger partial charge on any atom is -0.377 e. The quantitative estimate of drug-likeness (QED) is 0.623. The van der Waals surface area contributed by atoms with Gasteiger partial charge in [-0.25, -0.2) is 0 Å². The van der Waals surface area contributed by atoms with E-state index in [1.165, 1.54) is 24.3 Å². The van der Waals surface area contributed by atoms with E-state index in [2.05, 4.69) is 0 Å².